The maximum Gasteiger partial charge on any atom is 0.435 e. The lowest BCUT2D eigenvalue weighted by Crippen LogP contribution is -2.16. The highest BCUT2D eigenvalue weighted by Gasteiger charge is 2.34. The number of alkyl halides is 3. The Morgan fingerprint density at radius 3 is 2.35 bits per heavy atom. The van der Waals surface area contributed by atoms with Crippen molar-refractivity contribution in [2.24, 2.45) is 7.05 Å². The van der Waals surface area contributed by atoms with Crippen LogP contribution >= 0.6 is 0 Å². The number of nitrogens with zero attached hydrogens (tertiary/aromatic N) is 2. The molecule has 26 heavy (non-hydrogen) atoms. The molecule has 0 saturated carbocycles. The highest BCUT2D eigenvalue weighted by molar-refractivity contribution is 6.08. The fourth-order valence-electron chi connectivity index (χ4n) is 2.37. The van der Waals surface area contributed by atoms with E-state index in [-0.39, 0.29) is 5.82 Å². The smallest absolute Gasteiger partial charge is 0.355 e. The Morgan fingerprint density at radius 1 is 1.04 bits per heavy atom. The minimum absolute atomic E-state index is 0.0446. The van der Waals surface area contributed by atoms with E-state index in [1.54, 1.807) is 24.3 Å². The molecule has 0 radical (unpaired) electrons. The van der Waals surface area contributed by atoms with Crippen LogP contribution in [0.1, 0.15) is 16.1 Å². The molecule has 0 aliphatic heterocycles. The predicted octanol–water partition coefficient (Wildman–Crippen LogP) is 4.43. The Balaban J connectivity index is 1.84. The molecule has 0 spiro atoms. The lowest BCUT2D eigenvalue weighted by molar-refractivity contribution is -0.141. The Bertz CT molecular complexity index is 920. The number of halogens is 3. The van der Waals surface area contributed by atoms with Crippen LogP contribution in [0.3, 0.4) is 0 Å². The molecule has 0 saturated heterocycles. The van der Waals surface area contributed by atoms with Gasteiger partial charge < -0.3 is 10.6 Å². The molecule has 0 unspecified atom stereocenters. The summed E-state index contributed by atoms with van der Waals surface area (Å²) in [5.41, 5.74) is 0.555. The standard InChI is InChI=1S/C18H15F3N4O/c1-25-16(11-15(24-25)18(19,20)21)23-17(26)13-9-5-6-10-14(13)22-12-7-3-2-4-8-12/h2-11,22H,1H3,(H,23,26). The normalized spacial score (nSPS) is 11.2. The molecule has 0 aliphatic rings. The largest absolute Gasteiger partial charge is 0.435 e. The minimum atomic E-state index is -4.58. The van der Waals surface area contributed by atoms with Gasteiger partial charge in [-0.15, -0.1) is 0 Å². The third-order valence-corrected chi connectivity index (χ3v) is 3.64. The van der Waals surface area contributed by atoms with Crippen molar-refractivity contribution < 1.29 is 18.0 Å². The number of hydrogen-bond donors (Lipinski definition) is 2. The first kappa shape index (κ1) is 17.5. The van der Waals surface area contributed by atoms with E-state index < -0.39 is 17.8 Å². The fourth-order valence-corrected chi connectivity index (χ4v) is 2.37. The number of carbonyl (C=O) groups excluding carboxylic acids is 1. The van der Waals surface area contributed by atoms with Gasteiger partial charge in [0.2, 0.25) is 0 Å². The zero-order chi connectivity index (χ0) is 18.7. The van der Waals surface area contributed by atoms with E-state index in [0.29, 0.717) is 11.3 Å². The van der Waals surface area contributed by atoms with Crippen molar-refractivity contribution in [2.75, 3.05) is 10.6 Å². The Labute approximate surface area is 147 Å². The van der Waals surface area contributed by atoms with Gasteiger partial charge in [-0.05, 0) is 24.3 Å². The summed E-state index contributed by atoms with van der Waals surface area (Å²) in [5.74, 6) is -0.586. The highest BCUT2D eigenvalue weighted by Crippen LogP contribution is 2.30. The second kappa shape index (κ2) is 6.91. The van der Waals surface area contributed by atoms with E-state index in [9.17, 15) is 18.0 Å². The minimum Gasteiger partial charge on any atom is -0.355 e. The van der Waals surface area contributed by atoms with Gasteiger partial charge in [0.05, 0.1) is 11.3 Å². The van der Waals surface area contributed by atoms with E-state index in [0.717, 1.165) is 16.4 Å². The first-order chi connectivity index (χ1) is 12.3. The van der Waals surface area contributed by atoms with Crippen LogP contribution in [0.25, 0.3) is 0 Å². The van der Waals surface area contributed by atoms with Gasteiger partial charge in [-0.2, -0.15) is 18.3 Å². The lowest BCUT2D eigenvalue weighted by atomic mass is 10.1. The molecule has 3 aromatic rings. The summed E-state index contributed by atoms with van der Waals surface area (Å²) in [6, 6.07) is 16.8. The zero-order valence-electron chi connectivity index (χ0n) is 13.7. The van der Waals surface area contributed by atoms with E-state index in [1.165, 1.54) is 7.05 Å². The molecule has 0 fully saturated rings. The molecular weight excluding hydrogens is 345 g/mol. The Kier molecular flexibility index (Phi) is 4.66. The molecule has 134 valence electrons. The van der Waals surface area contributed by atoms with E-state index >= 15 is 0 Å². The quantitative estimate of drug-likeness (QED) is 0.723. The van der Waals surface area contributed by atoms with Crippen molar-refractivity contribution in [3.63, 3.8) is 0 Å². The van der Waals surface area contributed by atoms with Crippen LogP contribution in [-0.4, -0.2) is 15.7 Å². The average Bonchev–Trinajstić information content (AvgIpc) is 2.97. The number of aryl methyl sites for hydroxylation is 1. The van der Waals surface area contributed by atoms with Crippen LogP contribution < -0.4 is 10.6 Å². The molecular formula is C18H15F3N4O. The van der Waals surface area contributed by atoms with Gasteiger partial charge in [-0.25, -0.2) is 0 Å². The zero-order valence-corrected chi connectivity index (χ0v) is 13.7. The van der Waals surface area contributed by atoms with Crippen molar-refractivity contribution >= 4 is 23.1 Å². The SMILES string of the molecule is Cn1nc(C(F)(F)F)cc1NC(=O)c1ccccc1Nc1ccccc1. The molecule has 3 rings (SSSR count). The van der Waals surface area contributed by atoms with Crippen molar-refractivity contribution in [1.29, 1.82) is 0 Å². The molecule has 0 bridgehead atoms. The van der Waals surface area contributed by atoms with Crippen LogP contribution in [0.15, 0.2) is 60.7 Å². The number of anilines is 3. The molecule has 0 atom stereocenters. The molecule has 1 amide bonds. The number of rotatable bonds is 4. The van der Waals surface area contributed by atoms with Gasteiger partial charge in [0.15, 0.2) is 5.69 Å². The fraction of sp³-hybridized carbons (Fsp3) is 0.111. The van der Waals surface area contributed by atoms with Crippen LogP contribution in [-0.2, 0) is 13.2 Å². The maximum atomic E-state index is 12.7. The summed E-state index contributed by atoms with van der Waals surface area (Å²) in [5, 5.41) is 8.97. The number of aromatic nitrogens is 2. The number of amides is 1. The second-order valence-corrected chi connectivity index (χ2v) is 5.53. The first-order valence-corrected chi connectivity index (χ1v) is 7.68. The molecule has 8 heteroatoms. The summed E-state index contributed by atoms with van der Waals surface area (Å²) in [6.07, 6.45) is -4.58. The van der Waals surface area contributed by atoms with Gasteiger partial charge in [0, 0.05) is 18.8 Å². The molecule has 5 nitrogen and oxygen atoms in total. The van der Waals surface area contributed by atoms with Gasteiger partial charge in [-0.3, -0.25) is 9.48 Å². The molecule has 2 N–H and O–H groups in total. The number of hydrogen-bond acceptors (Lipinski definition) is 3. The molecule has 2 aromatic carbocycles. The summed E-state index contributed by atoms with van der Waals surface area (Å²) in [4.78, 5) is 12.6. The molecule has 0 aliphatic carbocycles. The summed E-state index contributed by atoms with van der Waals surface area (Å²) in [6.45, 7) is 0. The van der Waals surface area contributed by atoms with Crippen LogP contribution in [0.4, 0.5) is 30.4 Å². The average molecular weight is 360 g/mol. The van der Waals surface area contributed by atoms with E-state index in [2.05, 4.69) is 15.7 Å². The van der Waals surface area contributed by atoms with Crippen LogP contribution in [0.2, 0.25) is 0 Å². The van der Waals surface area contributed by atoms with Gasteiger partial charge in [-0.1, -0.05) is 30.3 Å². The van der Waals surface area contributed by atoms with Crippen molar-refractivity contribution in [2.45, 2.75) is 6.18 Å². The molecule has 1 heterocycles. The Hall–Kier alpha value is -3.29. The number of benzene rings is 2. The topological polar surface area (TPSA) is 59.0 Å². The summed E-state index contributed by atoms with van der Waals surface area (Å²) in [7, 11) is 1.33. The monoisotopic (exact) mass is 360 g/mol. The summed E-state index contributed by atoms with van der Waals surface area (Å²) < 4.78 is 39.2. The van der Waals surface area contributed by atoms with Crippen LogP contribution in [0, 0.1) is 0 Å². The predicted molar refractivity (Wildman–Crippen MR) is 92.3 cm³/mol. The van der Waals surface area contributed by atoms with E-state index in [4.69, 9.17) is 0 Å². The van der Waals surface area contributed by atoms with Crippen LogP contribution in [0.5, 0.6) is 0 Å². The summed E-state index contributed by atoms with van der Waals surface area (Å²) >= 11 is 0. The molecule has 1 aromatic heterocycles. The highest BCUT2D eigenvalue weighted by atomic mass is 19.4. The number of carbonyl (C=O) groups is 1. The van der Waals surface area contributed by atoms with E-state index in [1.807, 2.05) is 30.3 Å². The number of nitrogens with one attached hydrogen (secondary N) is 2. The van der Waals surface area contributed by atoms with Gasteiger partial charge in [0.25, 0.3) is 5.91 Å². The third kappa shape index (κ3) is 3.85. The maximum absolute atomic E-state index is 12.7. The van der Waals surface area contributed by atoms with Crippen molar-refractivity contribution in [1.82, 2.24) is 9.78 Å². The van der Waals surface area contributed by atoms with Gasteiger partial charge >= 0.3 is 6.18 Å². The second-order valence-electron chi connectivity index (χ2n) is 5.53. The Morgan fingerprint density at radius 2 is 1.69 bits per heavy atom. The van der Waals surface area contributed by atoms with Gasteiger partial charge in [0.1, 0.15) is 5.82 Å². The lowest BCUT2D eigenvalue weighted by Gasteiger charge is -2.12. The first-order valence-electron chi connectivity index (χ1n) is 7.68. The van der Waals surface area contributed by atoms with Crippen molar-refractivity contribution in [3.05, 3.63) is 71.9 Å². The van der Waals surface area contributed by atoms with Crippen molar-refractivity contribution in [3.8, 4) is 0 Å². The number of para-hydroxylation sites is 2. The third-order valence-electron chi connectivity index (χ3n) is 3.64.